The number of carbonyl (C=O) groups is 2. The van der Waals surface area contributed by atoms with Crippen molar-refractivity contribution in [2.24, 2.45) is 0 Å². The first-order valence-corrected chi connectivity index (χ1v) is 9.81. The number of benzene rings is 2. The van der Waals surface area contributed by atoms with Crippen LogP contribution in [0.2, 0.25) is 5.02 Å². The Morgan fingerprint density at radius 3 is 2.52 bits per heavy atom. The number of H-pyrrole nitrogens is 1. The van der Waals surface area contributed by atoms with E-state index in [0.717, 1.165) is 11.1 Å². The summed E-state index contributed by atoms with van der Waals surface area (Å²) in [6.45, 7) is 0. The fourth-order valence-corrected chi connectivity index (χ4v) is 3.03. The van der Waals surface area contributed by atoms with Crippen molar-refractivity contribution in [2.45, 2.75) is 0 Å². The van der Waals surface area contributed by atoms with Crippen molar-refractivity contribution < 1.29 is 9.59 Å². The highest BCUT2D eigenvalue weighted by Crippen LogP contribution is 2.18. The van der Waals surface area contributed by atoms with E-state index in [1.54, 1.807) is 60.9 Å². The number of carbonyl (C=O) groups excluding carboxylic acids is 2. The zero-order valence-corrected chi connectivity index (χ0v) is 17.0. The van der Waals surface area contributed by atoms with Gasteiger partial charge in [0.2, 0.25) is 0 Å². The molecule has 0 aliphatic carbocycles. The van der Waals surface area contributed by atoms with Crippen LogP contribution in [0.3, 0.4) is 0 Å². The van der Waals surface area contributed by atoms with E-state index < -0.39 is 0 Å². The molecule has 152 valence electrons. The fraction of sp³-hybridized carbons (Fsp3) is 0. The number of halogens is 1. The molecular weight excluding hydrogens is 412 g/mol. The van der Waals surface area contributed by atoms with E-state index >= 15 is 0 Å². The van der Waals surface area contributed by atoms with Crippen LogP contribution >= 0.6 is 11.6 Å². The minimum absolute atomic E-state index is 0.174. The molecule has 1 amide bonds. The number of hydrogen-bond donors (Lipinski definition) is 2. The van der Waals surface area contributed by atoms with E-state index in [2.05, 4.69) is 20.5 Å². The van der Waals surface area contributed by atoms with Crippen molar-refractivity contribution >= 4 is 35.1 Å². The van der Waals surface area contributed by atoms with Gasteiger partial charge in [-0.2, -0.15) is 5.10 Å². The summed E-state index contributed by atoms with van der Waals surface area (Å²) < 4.78 is 0. The van der Waals surface area contributed by atoms with E-state index in [4.69, 9.17) is 11.6 Å². The number of allylic oxidation sites excluding steroid dienone is 1. The number of aromatic amines is 1. The standard InChI is InChI=1S/C24H17ClN4O2/c25-19-7-4-16(5-8-19)6-9-23(30)18-2-1-3-20(14-18)27-24(31)22-15-21(28-29-22)17-10-12-26-13-11-17/h1-15H,(H,27,31)(H,28,29)/b9-6+. The number of hydrogen-bond acceptors (Lipinski definition) is 4. The lowest BCUT2D eigenvalue weighted by Gasteiger charge is -2.05. The Labute approximate surface area is 183 Å². The Bertz CT molecular complexity index is 1250. The Hall–Kier alpha value is -4.03. The maximum atomic E-state index is 12.6. The minimum Gasteiger partial charge on any atom is -0.321 e. The number of pyridine rings is 1. The molecule has 0 radical (unpaired) electrons. The van der Waals surface area contributed by atoms with Gasteiger partial charge in [-0.25, -0.2) is 0 Å². The predicted octanol–water partition coefficient (Wildman–Crippen LogP) is 5.27. The topological polar surface area (TPSA) is 87.7 Å². The quantitative estimate of drug-likeness (QED) is 0.323. The van der Waals surface area contributed by atoms with Crippen molar-refractivity contribution in [1.29, 1.82) is 0 Å². The molecule has 0 saturated heterocycles. The molecule has 0 aliphatic heterocycles. The molecule has 2 aromatic heterocycles. The molecule has 31 heavy (non-hydrogen) atoms. The van der Waals surface area contributed by atoms with Gasteiger partial charge in [0, 0.05) is 34.2 Å². The van der Waals surface area contributed by atoms with E-state index in [9.17, 15) is 9.59 Å². The minimum atomic E-state index is -0.353. The van der Waals surface area contributed by atoms with Gasteiger partial charge >= 0.3 is 0 Å². The van der Waals surface area contributed by atoms with Crippen LogP contribution < -0.4 is 5.32 Å². The predicted molar refractivity (Wildman–Crippen MR) is 121 cm³/mol. The van der Waals surface area contributed by atoms with Crippen LogP contribution in [0.4, 0.5) is 5.69 Å². The molecule has 4 rings (SSSR count). The fourth-order valence-electron chi connectivity index (χ4n) is 2.90. The lowest BCUT2D eigenvalue weighted by atomic mass is 10.1. The van der Waals surface area contributed by atoms with Crippen molar-refractivity contribution in [3.63, 3.8) is 0 Å². The van der Waals surface area contributed by atoms with Crippen molar-refractivity contribution in [2.75, 3.05) is 5.32 Å². The van der Waals surface area contributed by atoms with E-state index in [-0.39, 0.29) is 11.7 Å². The molecule has 0 aliphatic rings. The Morgan fingerprint density at radius 2 is 1.74 bits per heavy atom. The molecule has 0 atom stereocenters. The highest BCUT2D eigenvalue weighted by molar-refractivity contribution is 6.30. The maximum absolute atomic E-state index is 12.6. The molecule has 0 spiro atoms. The van der Waals surface area contributed by atoms with Crippen LogP contribution in [0.15, 0.2) is 85.2 Å². The van der Waals surface area contributed by atoms with Gasteiger partial charge in [0.05, 0.1) is 5.69 Å². The van der Waals surface area contributed by atoms with Crippen LogP contribution in [-0.2, 0) is 0 Å². The van der Waals surface area contributed by atoms with E-state index in [0.29, 0.717) is 27.7 Å². The summed E-state index contributed by atoms with van der Waals surface area (Å²) in [7, 11) is 0. The zero-order chi connectivity index (χ0) is 21.6. The number of rotatable bonds is 6. The molecule has 7 heteroatoms. The highest BCUT2D eigenvalue weighted by Gasteiger charge is 2.12. The Morgan fingerprint density at radius 1 is 0.968 bits per heavy atom. The highest BCUT2D eigenvalue weighted by atomic mass is 35.5. The summed E-state index contributed by atoms with van der Waals surface area (Å²) in [4.78, 5) is 29.0. The summed E-state index contributed by atoms with van der Waals surface area (Å²) in [5.41, 5.74) is 3.65. The summed E-state index contributed by atoms with van der Waals surface area (Å²) in [6, 6.07) is 19.2. The molecule has 4 aromatic rings. The molecule has 6 nitrogen and oxygen atoms in total. The maximum Gasteiger partial charge on any atom is 0.273 e. The van der Waals surface area contributed by atoms with E-state index in [1.807, 2.05) is 24.3 Å². The Kier molecular flexibility index (Phi) is 6.01. The lowest BCUT2D eigenvalue weighted by Crippen LogP contribution is -2.12. The number of aromatic nitrogens is 3. The second-order valence-electron chi connectivity index (χ2n) is 6.69. The third-order valence-electron chi connectivity index (χ3n) is 4.50. The zero-order valence-electron chi connectivity index (χ0n) is 16.2. The average Bonchev–Trinajstić information content (AvgIpc) is 3.30. The van der Waals surface area contributed by atoms with Crippen molar-refractivity contribution in [3.8, 4) is 11.3 Å². The lowest BCUT2D eigenvalue weighted by molar-refractivity contribution is 0.101. The summed E-state index contributed by atoms with van der Waals surface area (Å²) in [6.07, 6.45) is 6.52. The summed E-state index contributed by atoms with van der Waals surface area (Å²) >= 11 is 5.87. The SMILES string of the molecule is O=C(/C=C/c1ccc(Cl)cc1)c1cccc(NC(=O)c2cc(-c3ccncc3)n[nH]2)c1. The van der Waals surface area contributed by atoms with Crippen LogP contribution in [-0.4, -0.2) is 26.9 Å². The van der Waals surface area contributed by atoms with Gasteiger partial charge in [-0.3, -0.25) is 19.7 Å². The molecule has 0 fully saturated rings. The van der Waals surface area contributed by atoms with Crippen molar-refractivity contribution in [3.05, 3.63) is 107 Å². The van der Waals surface area contributed by atoms with Gasteiger partial charge in [-0.1, -0.05) is 41.9 Å². The van der Waals surface area contributed by atoms with Gasteiger partial charge in [0.1, 0.15) is 5.69 Å². The van der Waals surface area contributed by atoms with Gasteiger partial charge in [-0.15, -0.1) is 0 Å². The molecule has 0 bridgehead atoms. The molecule has 2 heterocycles. The second kappa shape index (κ2) is 9.19. The third-order valence-corrected chi connectivity index (χ3v) is 4.75. The second-order valence-corrected chi connectivity index (χ2v) is 7.12. The van der Waals surface area contributed by atoms with Gasteiger partial charge < -0.3 is 5.32 Å². The van der Waals surface area contributed by atoms with Crippen molar-refractivity contribution in [1.82, 2.24) is 15.2 Å². The monoisotopic (exact) mass is 428 g/mol. The molecule has 2 aromatic carbocycles. The smallest absolute Gasteiger partial charge is 0.273 e. The Balaban J connectivity index is 1.44. The van der Waals surface area contributed by atoms with Crippen LogP contribution in [0.5, 0.6) is 0 Å². The number of amides is 1. The first kappa shape index (κ1) is 20.3. The van der Waals surface area contributed by atoms with Gasteiger partial charge in [-0.05, 0) is 54.1 Å². The largest absolute Gasteiger partial charge is 0.321 e. The molecule has 0 unspecified atom stereocenters. The molecular formula is C24H17ClN4O2. The van der Waals surface area contributed by atoms with E-state index in [1.165, 1.54) is 6.08 Å². The molecule has 2 N–H and O–H groups in total. The first-order chi connectivity index (χ1) is 15.1. The van der Waals surface area contributed by atoms with Gasteiger partial charge in [0.25, 0.3) is 5.91 Å². The summed E-state index contributed by atoms with van der Waals surface area (Å²) in [5.74, 6) is -0.526. The van der Waals surface area contributed by atoms with Crippen LogP contribution in [0.25, 0.3) is 17.3 Å². The van der Waals surface area contributed by atoms with Crippen LogP contribution in [0, 0.1) is 0 Å². The van der Waals surface area contributed by atoms with Gasteiger partial charge in [0.15, 0.2) is 5.78 Å². The first-order valence-electron chi connectivity index (χ1n) is 9.44. The van der Waals surface area contributed by atoms with Crippen LogP contribution in [0.1, 0.15) is 26.4 Å². The normalized spacial score (nSPS) is 10.9. The third kappa shape index (κ3) is 5.12. The number of ketones is 1. The number of nitrogens with one attached hydrogen (secondary N) is 2. The summed E-state index contributed by atoms with van der Waals surface area (Å²) in [5, 5.41) is 10.3. The molecule has 0 saturated carbocycles. The number of anilines is 1. The number of nitrogens with zero attached hydrogens (tertiary/aromatic N) is 2. The average molecular weight is 429 g/mol.